The first-order chi connectivity index (χ1) is 15.8. The summed E-state index contributed by atoms with van der Waals surface area (Å²) in [7, 11) is 1.38. The van der Waals surface area contributed by atoms with Crippen LogP contribution in [0.25, 0.3) is 43.8 Å². The van der Waals surface area contributed by atoms with E-state index in [4.69, 9.17) is 0 Å². The lowest BCUT2D eigenvalue weighted by Gasteiger charge is -2.09. The molecule has 0 amide bonds. The summed E-state index contributed by atoms with van der Waals surface area (Å²) >= 11 is 0. The summed E-state index contributed by atoms with van der Waals surface area (Å²) in [6.45, 7) is 2.10. The molecule has 162 valence electrons. The molecule has 1 N–H and O–H groups in total. The van der Waals surface area contributed by atoms with Crippen LogP contribution >= 0.6 is 0 Å². The highest BCUT2D eigenvalue weighted by molar-refractivity contribution is 5.98. The van der Waals surface area contributed by atoms with E-state index in [2.05, 4.69) is 29.0 Å². The SMILES string of the molecule is CC1=CC=C(c2nc3ccc(-n4c(=O)c5cc6c(=O)n(C)c(=O)c6cc5c4=O)cc3[nH]2)CC1. The molecule has 8 nitrogen and oxygen atoms in total. The lowest BCUT2D eigenvalue weighted by atomic mass is 9.99. The number of hydrogen-bond acceptors (Lipinski definition) is 5. The summed E-state index contributed by atoms with van der Waals surface area (Å²) in [5.74, 6) is 0.769. The van der Waals surface area contributed by atoms with Crippen LogP contribution in [0.2, 0.25) is 0 Å². The van der Waals surface area contributed by atoms with E-state index in [0.717, 1.165) is 38.9 Å². The molecule has 0 fully saturated rings. The molecule has 0 bridgehead atoms. The summed E-state index contributed by atoms with van der Waals surface area (Å²) in [5, 5.41) is 0.524. The zero-order valence-electron chi connectivity index (χ0n) is 17.9. The van der Waals surface area contributed by atoms with Crippen molar-refractivity contribution < 1.29 is 0 Å². The second kappa shape index (κ2) is 6.59. The van der Waals surface area contributed by atoms with Crippen LogP contribution in [0.4, 0.5) is 0 Å². The highest BCUT2D eigenvalue weighted by Crippen LogP contribution is 2.27. The van der Waals surface area contributed by atoms with Crippen LogP contribution < -0.4 is 22.2 Å². The maximum absolute atomic E-state index is 13.2. The number of fused-ring (bicyclic) bond motifs is 3. The van der Waals surface area contributed by atoms with Crippen molar-refractivity contribution in [2.45, 2.75) is 19.8 Å². The van der Waals surface area contributed by atoms with Gasteiger partial charge in [0.15, 0.2) is 0 Å². The highest BCUT2D eigenvalue weighted by atomic mass is 16.2. The monoisotopic (exact) mass is 438 g/mol. The van der Waals surface area contributed by atoms with Crippen molar-refractivity contribution in [3.05, 3.63) is 95.3 Å². The maximum Gasteiger partial charge on any atom is 0.266 e. The number of imidazole rings is 1. The van der Waals surface area contributed by atoms with Crippen molar-refractivity contribution in [3.8, 4) is 5.69 Å². The molecule has 0 unspecified atom stereocenters. The van der Waals surface area contributed by atoms with Crippen molar-refractivity contribution in [2.24, 2.45) is 7.05 Å². The number of benzene rings is 2. The van der Waals surface area contributed by atoms with Crippen LogP contribution in [0, 0.1) is 0 Å². The van der Waals surface area contributed by atoms with E-state index in [1.54, 1.807) is 18.2 Å². The maximum atomic E-state index is 13.2. The van der Waals surface area contributed by atoms with Crippen LogP contribution in [0.5, 0.6) is 0 Å². The van der Waals surface area contributed by atoms with Crippen LogP contribution in [0.3, 0.4) is 0 Å². The van der Waals surface area contributed by atoms with E-state index in [1.165, 1.54) is 24.8 Å². The number of aromatic amines is 1. The van der Waals surface area contributed by atoms with Gasteiger partial charge in [0.2, 0.25) is 0 Å². The van der Waals surface area contributed by atoms with Gasteiger partial charge >= 0.3 is 0 Å². The van der Waals surface area contributed by atoms with Gasteiger partial charge in [0.25, 0.3) is 22.2 Å². The van der Waals surface area contributed by atoms with Gasteiger partial charge in [-0.2, -0.15) is 0 Å². The molecule has 0 saturated carbocycles. The number of aromatic nitrogens is 4. The van der Waals surface area contributed by atoms with Crippen LogP contribution in [-0.4, -0.2) is 19.1 Å². The van der Waals surface area contributed by atoms with Gasteiger partial charge in [0.05, 0.1) is 38.3 Å². The molecule has 0 aliphatic heterocycles. The first-order valence-corrected chi connectivity index (χ1v) is 10.6. The summed E-state index contributed by atoms with van der Waals surface area (Å²) in [6.07, 6.45) is 6.01. The molecule has 5 aromatic rings. The lowest BCUT2D eigenvalue weighted by Crippen LogP contribution is -2.23. The molecule has 6 rings (SSSR count). The van der Waals surface area contributed by atoms with E-state index in [9.17, 15) is 19.2 Å². The Balaban J connectivity index is 1.55. The summed E-state index contributed by atoms with van der Waals surface area (Å²) in [5.41, 5.74) is 2.25. The second-order valence-corrected chi connectivity index (χ2v) is 8.55. The highest BCUT2D eigenvalue weighted by Gasteiger charge is 2.20. The Hall–Kier alpha value is -4.33. The predicted octanol–water partition coefficient (Wildman–Crippen LogP) is 2.44. The fourth-order valence-electron chi connectivity index (χ4n) is 4.56. The lowest BCUT2D eigenvalue weighted by molar-refractivity contribution is 0.856. The molecular formula is C25H18N4O4. The number of nitrogens with zero attached hydrogens (tertiary/aromatic N) is 3. The summed E-state index contributed by atoms with van der Waals surface area (Å²) in [6, 6.07) is 7.86. The molecule has 0 radical (unpaired) electrons. The Morgan fingerprint density at radius 3 is 2.06 bits per heavy atom. The topological polar surface area (TPSA) is 107 Å². The normalized spacial score (nSPS) is 14.4. The Morgan fingerprint density at radius 2 is 1.45 bits per heavy atom. The molecule has 1 aliphatic rings. The second-order valence-electron chi connectivity index (χ2n) is 8.55. The molecule has 8 heteroatoms. The number of H-pyrrole nitrogens is 1. The van der Waals surface area contributed by atoms with Gasteiger partial charge < -0.3 is 4.98 Å². The zero-order valence-corrected chi connectivity index (χ0v) is 17.9. The predicted molar refractivity (Wildman–Crippen MR) is 128 cm³/mol. The fraction of sp³-hybridized carbons (Fsp3) is 0.160. The Labute approximate surface area is 185 Å². The number of rotatable bonds is 2. The largest absolute Gasteiger partial charge is 0.338 e. The van der Waals surface area contributed by atoms with Gasteiger partial charge in [0.1, 0.15) is 5.82 Å². The first-order valence-electron chi connectivity index (χ1n) is 10.6. The molecule has 0 saturated heterocycles. The Morgan fingerprint density at radius 1 is 0.818 bits per heavy atom. The average molecular weight is 438 g/mol. The van der Waals surface area contributed by atoms with Crippen LogP contribution in [-0.2, 0) is 7.05 Å². The van der Waals surface area contributed by atoms with Gasteiger partial charge in [-0.15, -0.1) is 0 Å². The zero-order chi connectivity index (χ0) is 23.0. The van der Waals surface area contributed by atoms with Crippen molar-refractivity contribution in [1.82, 2.24) is 19.1 Å². The minimum absolute atomic E-state index is 0.120. The van der Waals surface area contributed by atoms with Gasteiger partial charge in [-0.25, -0.2) is 9.55 Å². The Bertz CT molecular complexity index is 1840. The van der Waals surface area contributed by atoms with E-state index in [1.807, 2.05) is 0 Å². The van der Waals surface area contributed by atoms with E-state index < -0.39 is 22.2 Å². The van der Waals surface area contributed by atoms with Crippen LogP contribution in [0.15, 0.2) is 67.2 Å². The minimum atomic E-state index is -0.526. The van der Waals surface area contributed by atoms with Crippen LogP contribution in [0.1, 0.15) is 25.6 Å². The molecule has 2 aromatic carbocycles. The van der Waals surface area contributed by atoms with Gasteiger partial charge in [-0.1, -0.05) is 17.7 Å². The van der Waals surface area contributed by atoms with Crippen molar-refractivity contribution in [2.75, 3.05) is 0 Å². The molecule has 1 aliphatic carbocycles. The number of nitrogens with one attached hydrogen (secondary N) is 1. The average Bonchev–Trinajstić information content (AvgIpc) is 3.41. The van der Waals surface area contributed by atoms with E-state index in [-0.39, 0.29) is 21.5 Å². The van der Waals surface area contributed by atoms with Crippen molar-refractivity contribution in [3.63, 3.8) is 0 Å². The van der Waals surface area contributed by atoms with Crippen molar-refractivity contribution in [1.29, 1.82) is 0 Å². The molecule has 3 aromatic heterocycles. The fourth-order valence-corrected chi connectivity index (χ4v) is 4.56. The number of hydrogen-bond donors (Lipinski definition) is 1. The minimum Gasteiger partial charge on any atom is -0.338 e. The molecule has 0 spiro atoms. The molecular weight excluding hydrogens is 420 g/mol. The first kappa shape index (κ1) is 19.4. The summed E-state index contributed by atoms with van der Waals surface area (Å²) in [4.78, 5) is 58.9. The molecule has 0 atom stereocenters. The standard InChI is InChI=1S/C25H18N4O4/c1-12-3-5-13(6-4-12)21-26-19-8-7-14(9-20(19)27-21)29-24(32)17-10-15-16(11-18(17)25(29)33)23(31)28(2)22(15)30/h3,5,7-11H,4,6H2,1-2H3,(H,26,27). The van der Waals surface area contributed by atoms with E-state index >= 15 is 0 Å². The smallest absolute Gasteiger partial charge is 0.266 e. The van der Waals surface area contributed by atoms with Gasteiger partial charge in [-0.3, -0.25) is 23.7 Å². The molecule has 3 heterocycles. The third-order valence-corrected chi connectivity index (χ3v) is 6.48. The summed E-state index contributed by atoms with van der Waals surface area (Å²) < 4.78 is 2.06. The van der Waals surface area contributed by atoms with Gasteiger partial charge in [-0.05, 0) is 55.7 Å². The van der Waals surface area contributed by atoms with Crippen molar-refractivity contribution >= 4 is 38.2 Å². The third-order valence-electron chi connectivity index (χ3n) is 6.48. The number of allylic oxidation sites excluding steroid dienone is 4. The van der Waals surface area contributed by atoms with Gasteiger partial charge in [0, 0.05) is 7.05 Å². The third kappa shape index (κ3) is 2.67. The Kier molecular flexibility index (Phi) is 3.86. The molecule has 33 heavy (non-hydrogen) atoms. The quantitative estimate of drug-likeness (QED) is 0.456. The van der Waals surface area contributed by atoms with E-state index in [0.29, 0.717) is 11.2 Å².